The Balaban J connectivity index is 0.000000146. The first kappa shape index (κ1) is 30.1. The van der Waals surface area contributed by atoms with E-state index in [4.69, 9.17) is 9.68 Å². The highest BCUT2D eigenvalue weighted by atomic mass is 16.6. The minimum absolute atomic E-state index is 0.598. The molecular formula is C37H36N2O3. The number of nitrogens with one attached hydrogen (secondary N) is 1. The van der Waals surface area contributed by atoms with Crippen LogP contribution in [0.3, 0.4) is 0 Å². The molecule has 0 aliphatic heterocycles. The quantitative estimate of drug-likeness (QED) is 0.0881. The SMILES string of the molecule is CCON=Cc1cccc2ccccc12.CCONCc1cccc2ccccc12.O=Cc1cccc2ccccc12. The first-order valence-corrected chi connectivity index (χ1v) is 14.1. The second kappa shape index (κ2) is 16.4. The summed E-state index contributed by atoms with van der Waals surface area (Å²) in [5.74, 6) is 0. The molecule has 212 valence electrons. The summed E-state index contributed by atoms with van der Waals surface area (Å²) in [5.41, 5.74) is 6.05. The molecule has 0 spiro atoms. The maximum absolute atomic E-state index is 10.6. The van der Waals surface area contributed by atoms with Crippen LogP contribution in [0.5, 0.6) is 0 Å². The second-order valence-corrected chi connectivity index (χ2v) is 9.30. The van der Waals surface area contributed by atoms with Crippen LogP contribution >= 0.6 is 0 Å². The van der Waals surface area contributed by atoms with Gasteiger partial charge >= 0.3 is 0 Å². The lowest BCUT2D eigenvalue weighted by molar-refractivity contribution is 0.0466. The summed E-state index contributed by atoms with van der Waals surface area (Å²) in [5, 5.41) is 11.0. The highest BCUT2D eigenvalue weighted by Crippen LogP contribution is 2.19. The summed E-state index contributed by atoms with van der Waals surface area (Å²) in [6, 6.07) is 42.7. The van der Waals surface area contributed by atoms with Gasteiger partial charge < -0.3 is 9.68 Å². The number of aldehydes is 1. The molecular weight excluding hydrogens is 520 g/mol. The average Bonchev–Trinajstić information content (AvgIpc) is 3.05. The summed E-state index contributed by atoms with van der Waals surface area (Å²) in [6.07, 6.45) is 2.65. The van der Waals surface area contributed by atoms with Gasteiger partial charge in [-0.3, -0.25) is 4.79 Å². The highest BCUT2D eigenvalue weighted by molar-refractivity contribution is 5.99. The van der Waals surface area contributed by atoms with Crippen LogP contribution in [0.25, 0.3) is 32.3 Å². The van der Waals surface area contributed by atoms with Crippen molar-refractivity contribution in [3.63, 3.8) is 0 Å². The van der Waals surface area contributed by atoms with Gasteiger partial charge in [0.05, 0.1) is 12.8 Å². The molecule has 0 radical (unpaired) electrons. The molecule has 6 aromatic carbocycles. The third kappa shape index (κ3) is 8.33. The van der Waals surface area contributed by atoms with Crippen molar-refractivity contribution in [3.8, 4) is 0 Å². The van der Waals surface area contributed by atoms with Crippen LogP contribution in [0.4, 0.5) is 0 Å². The minimum atomic E-state index is 0.598. The molecule has 0 aromatic heterocycles. The van der Waals surface area contributed by atoms with Gasteiger partial charge in [-0.2, -0.15) is 5.48 Å². The van der Waals surface area contributed by atoms with E-state index in [0.717, 1.165) is 34.7 Å². The largest absolute Gasteiger partial charge is 0.396 e. The number of nitrogens with zero attached hydrogens (tertiary/aromatic N) is 1. The number of carbonyl (C=O) groups excluding carboxylic acids is 1. The summed E-state index contributed by atoms with van der Waals surface area (Å²) < 4.78 is 0. The third-order valence-corrected chi connectivity index (χ3v) is 6.56. The Bertz CT molecular complexity index is 1730. The lowest BCUT2D eigenvalue weighted by Gasteiger charge is -2.07. The molecule has 0 atom stereocenters. The molecule has 0 unspecified atom stereocenters. The van der Waals surface area contributed by atoms with Crippen LogP contribution < -0.4 is 5.48 Å². The van der Waals surface area contributed by atoms with Gasteiger partial charge in [-0.25, -0.2) is 0 Å². The van der Waals surface area contributed by atoms with Gasteiger partial charge in [-0.1, -0.05) is 133 Å². The number of hydroxylamine groups is 1. The van der Waals surface area contributed by atoms with E-state index in [0.29, 0.717) is 13.2 Å². The lowest BCUT2D eigenvalue weighted by atomic mass is 10.1. The standard InChI is InChI=1S/C13H15NO.C13H13NO.C11H8O/c2*1-2-15-14-10-12-8-5-7-11-6-3-4-9-13(11)12;12-8-10-6-3-5-9-4-1-2-7-11(9)10/h3-9,14H,2,10H2,1H3;3-10H,2H2,1H3;1-8H. The Morgan fingerprint density at radius 1 is 0.595 bits per heavy atom. The van der Waals surface area contributed by atoms with E-state index in [9.17, 15) is 4.79 Å². The van der Waals surface area contributed by atoms with Crippen LogP contribution in [0.2, 0.25) is 0 Å². The number of hydrogen-bond acceptors (Lipinski definition) is 5. The van der Waals surface area contributed by atoms with E-state index in [1.165, 1.54) is 27.1 Å². The normalized spacial score (nSPS) is 10.6. The van der Waals surface area contributed by atoms with E-state index < -0.39 is 0 Å². The van der Waals surface area contributed by atoms with Crippen molar-refractivity contribution >= 4 is 44.8 Å². The van der Waals surface area contributed by atoms with Crippen LogP contribution in [0.15, 0.2) is 133 Å². The first-order valence-electron chi connectivity index (χ1n) is 14.1. The summed E-state index contributed by atoms with van der Waals surface area (Å²) in [7, 11) is 0. The van der Waals surface area contributed by atoms with E-state index >= 15 is 0 Å². The highest BCUT2D eigenvalue weighted by Gasteiger charge is 1.99. The van der Waals surface area contributed by atoms with Gasteiger partial charge in [0, 0.05) is 17.7 Å². The van der Waals surface area contributed by atoms with Gasteiger partial charge in [-0.05, 0) is 51.7 Å². The molecule has 0 saturated carbocycles. The maximum Gasteiger partial charge on any atom is 0.150 e. The molecule has 6 aromatic rings. The number of rotatable bonds is 8. The molecule has 5 heteroatoms. The molecule has 0 aliphatic rings. The van der Waals surface area contributed by atoms with E-state index in [1.54, 1.807) is 6.21 Å². The zero-order valence-corrected chi connectivity index (χ0v) is 24.1. The number of hydrogen-bond donors (Lipinski definition) is 1. The van der Waals surface area contributed by atoms with Crippen molar-refractivity contribution in [1.29, 1.82) is 0 Å². The van der Waals surface area contributed by atoms with Gasteiger partial charge in [0.2, 0.25) is 0 Å². The monoisotopic (exact) mass is 556 g/mol. The van der Waals surface area contributed by atoms with Gasteiger partial charge in [0.15, 0.2) is 6.29 Å². The fourth-order valence-corrected chi connectivity index (χ4v) is 4.56. The molecule has 1 N–H and O–H groups in total. The second-order valence-electron chi connectivity index (χ2n) is 9.30. The Kier molecular flexibility index (Phi) is 11.8. The topological polar surface area (TPSA) is 59.9 Å². The predicted octanol–water partition coefficient (Wildman–Crippen LogP) is 8.74. The predicted molar refractivity (Wildman–Crippen MR) is 175 cm³/mol. The van der Waals surface area contributed by atoms with E-state index in [1.807, 2.05) is 80.6 Å². The Morgan fingerprint density at radius 2 is 1.10 bits per heavy atom. The molecule has 0 bridgehead atoms. The molecule has 42 heavy (non-hydrogen) atoms. The van der Waals surface area contributed by atoms with Gasteiger partial charge in [0.25, 0.3) is 0 Å². The van der Waals surface area contributed by atoms with Crippen molar-refractivity contribution < 1.29 is 14.5 Å². The molecule has 0 saturated heterocycles. The lowest BCUT2D eigenvalue weighted by Crippen LogP contribution is -2.13. The van der Waals surface area contributed by atoms with Crippen molar-refractivity contribution in [2.45, 2.75) is 20.4 Å². The summed E-state index contributed by atoms with van der Waals surface area (Å²) >= 11 is 0. The number of benzene rings is 6. The van der Waals surface area contributed by atoms with Crippen molar-refractivity contribution in [1.82, 2.24) is 5.48 Å². The van der Waals surface area contributed by atoms with Gasteiger partial charge in [0.1, 0.15) is 6.61 Å². The Hall–Kier alpha value is -4.84. The van der Waals surface area contributed by atoms with Crippen molar-refractivity contribution in [2.24, 2.45) is 5.16 Å². The van der Waals surface area contributed by atoms with E-state index in [2.05, 4.69) is 71.3 Å². The minimum Gasteiger partial charge on any atom is -0.396 e. The van der Waals surface area contributed by atoms with Crippen LogP contribution in [-0.2, 0) is 16.2 Å². The van der Waals surface area contributed by atoms with Gasteiger partial charge in [-0.15, -0.1) is 0 Å². The smallest absolute Gasteiger partial charge is 0.150 e. The van der Waals surface area contributed by atoms with Crippen LogP contribution in [0.1, 0.15) is 35.3 Å². The zero-order valence-electron chi connectivity index (χ0n) is 24.1. The molecule has 6 rings (SSSR count). The summed E-state index contributed by atoms with van der Waals surface area (Å²) in [6.45, 7) is 5.91. The molecule has 0 amide bonds. The number of oxime groups is 1. The van der Waals surface area contributed by atoms with Crippen molar-refractivity contribution in [3.05, 3.63) is 144 Å². The third-order valence-electron chi connectivity index (χ3n) is 6.56. The first-order chi connectivity index (χ1) is 20.7. The zero-order chi connectivity index (χ0) is 29.4. The average molecular weight is 557 g/mol. The van der Waals surface area contributed by atoms with Crippen LogP contribution in [0, 0.1) is 0 Å². The van der Waals surface area contributed by atoms with Crippen LogP contribution in [-0.4, -0.2) is 25.7 Å². The van der Waals surface area contributed by atoms with E-state index in [-0.39, 0.29) is 0 Å². The maximum atomic E-state index is 10.6. The molecule has 5 nitrogen and oxygen atoms in total. The molecule has 0 aliphatic carbocycles. The fourth-order valence-electron chi connectivity index (χ4n) is 4.56. The number of fused-ring (bicyclic) bond motifs is 3. The number of carbonyl (C=O) groups is 1. The molecule has 0 heterocycles. The molecule has 0 fully saturated rings. The van der Waals surface area contributed by atoms with Crippen molar-refractivity contribution in [2.75, 3.05) is 13.2 Å². The Morgan fingerprint density at radius 3 is 1.69 bits per heavy atom. The fraction of sp³-hybridized carbons (Fsp3) is 0.135. The summed E-state index contributed by atoms with van der Waals surface area (Å²) in [4.78, 5) is 20.7. The Labute approximate surface area is 247 Å².